The standard InChI is InChI=1S/C64H97ClO6/c1-7-13-16-19-22-34-46-56(37-10-4)66-62(53-40-28-25-29-41-53)69-59-49-52(51-65)50-60(70-63(54-42-30-26-31-43-54)67-57(38-11-5)47-35-23-20-17-14-8-2)61(59)71-64(55-44-32-27-33-45-55)68-58(39-12-6)48-36-24-21-18-15-9-3/h25-33,40-45,49-50,56-58,62-64H,7-24,34-39,46-48,51H2,1-6H3. The van der Waals surface area contributed by atoms with Crippen molar-refractivity contribution in [3.8, 4) is 17.2 Å². The maximum Gasteiger partial charge on any atom is 0.227 e. The molecule has 71 heavy (non-hydrogen) atoms. The summed E-state index contributed by atoms with van der Waals surface area (Å²) in [4.78, 5) is 0. The van der Waals surface area contributed by atoms with Gasteiger partial charge in [-0.2, -0.15) is 0 Å². The summed E-state index contributed by atoms with van der Waals surface area (Å²) in [5.74, 6) is 1.64. The van der Waals surface area contributed by atoms with Crippen molar-refractivity contribution >= 4 is 11.6 Å². The first kappa shape index (κ1) is 60.0. The quantitative estimate of drug-likeness (QED) is 0.0250. The van der Waals surface area contributed by atoms with Gasteiger partial charge >= 0.3 is 0 Å². The number of unbranched alkanes of at least 4 members (excludes halogenated alkanes) is 15. The van der Waals surface area contributed by atoms with Crippen LogP contribution in [0.2, 0.25) is 0 Å². The SMILES string of the molecule is CCCCCCCCC(CCC)OC(Oc1cc(CCl)cc(OC(OC(CCC)CCCCCCCC)c2ccccc2)c1OC(OC(CCC)CCCCCCCC)c1ccccc1)c1ccccc1. The number of hydrogen-bond acceptors (Lipinski definition) is 6. The molecule has 0 spiro atoms. The Kier molecular flexibility index (Phi) is 32.2. The Bertz CT molecular complexity index is 1760. The van der Waals surface area contributed by atoms with Crippen LogP contribution in [0, 0.1) is 0 Å². The average Bonchev–Trinajstić information content (AvgIpc) is 3.40. The van der Waals surface area contributed by atoms with Gasteiger partial charge in [0.2, 0.25) is 24.6 Å². The molecule has 0 aliphatic rings. The van der Waals surface area contributed by atoms with Crippen molar-refractivity contribution in [2.75, 3.05) is 0 Å². The highest BCUT2D eigenvalue weighted by Crippen LogP contribution is 2.46. The van der Waals surface area contributed by atoms with Crippen molar-refractivity contribution < 1.29 is 28.4 Å². The minimum atomic E-state index is -0.757. The van der Waals surface area contributed by atoms with Crippen molar-refractivity contribution in [2.24, 2.45) is 0 Å². The second-order valence-electron chi connectivity index (χ2n) is 19.9. The van der Waals surface area contributed by atoms with E-state index in [0.717, 1.165) is 99.3 Å². The number of halogens is 1. The fourth-order valence-electron chi connectivity index (χ4n) is 9.48. The van der Waals surface area contributed by atoms with Crippen LogP contribution in [0.4, 0.5) is 0 Å². The molecule has 7 heteroatoms. The molecular weight excluding hydrogens is 900 g/mol. The van der Waals surface area contributed by atoms with Crippen LogP contribution in [0.25, 0.3) is 0 Å². The Labute approximate surface area is 438 Å². The zero-order chi connectivity index (χ0) is 50.6. The molecule has 0 radical (unpaired) electrons. The first-order valence-electron chi connectivity index (χ1n) is 28.8. The molecule has 0 fully saturated rings. The maximum absolute atomic E-state index is 7.37. The predicted octanol–water partition coefficient (Wildman–Crippen LogP) is 20.5. The Morgan fingerprint density at radius 2 is 0.634 bits per heavy atom. The summed E-state index contributed by atoms with van der Waals surface area (Å²) in [6, 6.07) is 35.0. The van der Waals surface area contributed by atoms with Gasteiger partial charge in [0.15, 0.2) is 11.5 Å². The van der Waals surface area contributed by atoms with Crippen LogP contribution in [0.5, 0.6) is 17.2 Å². The molecule has 0 aliphatic carbocycles. The number of hydrogen-bond donors (Lipinski definition) is 0. The highest BCUT2D eigenvalue weighted by atomic mass is 35.5. The van der Waals surface area contributed by atoms with E-state index in [4.69, 9.17) is 40.0 Å². The third-order valence-corrected chi connectivity index (χ3v) is 13.9. The predicted molar refractivity (Wildman–Crippen MR) is 299 cm³/mol. The van der Waals surface area contributed by atoms with Gasteiger partial charge in [-0.15, -0.1) is 11.6 Å². The van der Waals surface area contributed by atoms with Gasteiger partial charge in [-0.25, -0.2) is 0 Å². The molecule has 6 nitrogen and oxygen atoms in total. The minimum Gasteiger partial charge on any atom is -0.457 e. The van der Waals surface area contributed by atoms with Crippen molar-refractivity contribution in [3.05, 3.63) is 125 Å². The van der Waals surface area contributed by atoms with E-state index in [-0.39, 0.29) is 24.2 Å². The summed E-state index contributed by atoms with van der Waals surface area (Å²) in [5, 5.41) is 0. The average molecular weight is 998 g/mol. The van der Waals surface area contributed by atoms with Gasteiger partial charge in [-0.05, 0) is 56.2 Å². The normalized spacial score (nSPS) is 14.1. The molecule has 4 aromatic carbocycles. The van der Waals surface area contributed by atoms with E-state index >= 15 is 0 Å². The van der Waals surface area contributed by atoms with E-state index in [2.05, 4.69) is 114 Å². The highest BCUT2D eigenvalue weighted by molar-refractivity contribution is 6.17. The fraction of sp³-hybridized carbons (Fsp3) is 0.625. The monoisotopic (exact) mass is 997 g/mol. The summed E-state index contributed by atoms with van der Waals surface area (Å²) in [7, 11) is 0. The van der Waals surface area contributed by atoms with E-state index < -0.39 is 18.9 Å². The van der Waals surface area contributed by atoms with Crippen LogP contribution < -0.4 is 14.2 Å². The third-order valence-electron chi connectivity index (χ3n) is 13.6. The molecule has 396 valence electrons. The van der Waals surface area contributed by atoms with Crippen LogP contribution in [-0.4, -0.2) is 18.3 Å². The van der Waals surface area contributed by atoms with Gasteiger partial charge in [0.25, 0.3) is 0 Å². The topological polar surface area (TPSA) is 55.4 Å². The zero-order valence-electron chi connectivity index (χ0n) is 45.4. The van der Waals surface area contributed by atoms with Gasteiger partial charge in [-0.3, -0.25) is 0 Å². The Balaban J connectivity index is 1.84. The van der Waals surface area contributed by atoms with Crippen molar-refractivity contribution in [1.29, 1.82) is 0 Å². The summed E-state index contributed by atoms with van der Waals surface area (Å²) in [6.45, 7) is 13.5. The van der Waals surface area contributed by atoms with Crippen molar-refractivity contribution in [3.63, 3.8) is 0 Å². The number of ether oxygens (including phenoxy) is 6. The summed E-state index contributed by atoms with van der Waals surface area (Å²) in [6.07, 6.45) is 28.8. The van der Waals surface area contributed by atoms with Gasteiger partial charge in [0.1, 0.15) is 0 Å². The largest absolute Gasteiger partial charge is 0.457 e. The molecule has 0 aromatic heterocycles. The molecule has 0 amide bonds. The van der Waals surface area contributed by atoms with E-state index in [1.165, 1.54) is 96.3 Å². The van der Waals surface area contributed by atoms with Crippen molar-refractivity contribution in [2.45, 2.75) is 258 Å². The molecule has 0 saturated carbocycles. The van der Waals surface area contributed by atoms with E-state index in [1.807, 2.05) is 30.3 Å². The summed E-state index contributed by atoms with van der Waals surface area (Å²) >= 11 is 6.84. The molecule has 6 atom stereocenters. The van der Waals surface area contributed by atoms with E-state index in [1.54, 1.807) is 0 Å². The molecule has 4 rings (SSSR count). The van der Waals surface area contributed by atoms with Crippen LogP contribution in [0.3, 0.4) is 0 Å². The third kappa shape index (κ3) is 23.9. The molecular formula is C64H97ClO6. The number of benzene rings is 4. The first-order chi connectivity index (χ1) is 35.0. The second-order valence-corrected chi connectivity index (χ2v) is 20.2. The lowest BCUT2D eigenvalue weighted by atomic mass is 10.0. The maximum atomic E-state index is 7.37. The smallest absolute Gasteiger partial charge is 0.227 e. The molecule has 6 unspecified atom stereocenters. The summed E-state index contributed by atoms with van der Waals surface area (Å²) in [5.41, 5.74) is 3.62. The number of alkyl halides is 1. The fourth-order valence-corrected chi connectivity index (χ4v) is 9.63. The number of rotatable bonds is 43. The molecule has 0 bridgehead atoms. The van der Waals surface area contributed by atoms with Gasteiger partial charge in [0.05, 0.1) is 18.3 Å². The lowest BCUT2D eigenvalue weighted by Crippen LogP contribution is -2.24. The van der Waals surface area contributed by atoms with Crippen LogP contribution in [0.1, 0.15) is 256 Å². The van der Waals surface area contributed by atoms with Crippen molar-refractivity contribution in [1.82, 2.24) is 0 Å². The Morgan fingerprint density at radius 3 is 0.930 bits per heavy atom. The van der Waals surface area contributed by atoms with Crippen LogP contribution >= 0.6 is 11.6 Å². The molecule has 0 aliphatic heterocycles. The summed E-state index contributed by atoms with van der Waals surface area (Å²) < 4.78 is 43.4. The highest BCUT2D eigenvalue weighted by Gasteiger charge is 2.30. The second kappa shape index (κ2) is 38.1. The minimum absolute atomic E-state index is 0.00147. The van der Waals surface area contributed by atoms with Gasteiger partial charge in [0, 0.05) is 22.6 Å². The van der Waals surface area contributed by atoms with E-state index in [9.17, 15) is 0 Å². The lowest BCUT2D eigenvalue weighted by molar-refractivity contribution is -0.146. The molecule has 4 aromatic rings. The van der Waals surface area contributed by atoms with E-state index in [0.29, 0.717) is 17.2 Å². The molecule has 0 heterocycles. The van der Waals surface area contributed by atoms with Gasteiger partial charge < -0.3 is 28.4 Å². The van der Waals surface area contributed by atoms with Crippen LogP contribution in [0.15, 0.2) is 103 Å². The van der Waals surface area contributed by atoms with Crippen LogP contribution in [-0.2, 0) is 20.1 Å². The Hall–Kier alpha value is -3.55. The first-order valence-corrected chi connectivity index (χ1v) is 29.3. The molecule has 0 saturated heterocycles. The van der Waals surface area contributed by atoms with Gasteiger partial charge in [-0.1, -0.05) is 267 Å². The zero-order valence-corrected chi connectivity index (χ0v) is 46.2. The molecule has 0 N–H and O–H groups in total. The Morgan fingerprint density at radius 1 is 0.338 bits per heavy atom. The lowest BCUT2D eigenvalue weighted by Gasteiger charge is -2.31.